The number of amides is 1. The number of aromatic nitrogens is 2. The highest BCUT2D eigenvalue weighted by Gasteiger charge is 2.22. The highest BCUT2D eigenvalue weighted by atomic mass is 35.5. The first kappa shape index (κ1) is 21.4. The molecule has 35 heavy (non-hydrogen) atoms. The highest BCUT2D eigenvalue weighted by Crippen LogP contribution is 2.32. The monoisotopic (exact) mass is 483 g/mol. The minimum Gasteiger partial charge on any atom is -0.450 e. The van der Waals surface area contributed by atoms with Gasteiger partial charge in [0.25, 0.3) is 5.91 Å². The van der Waals surface area contributed by atoms with Gasteiger partial charge < -0.3 is 19.5 Å². The van der Waals surface area contributed by atoms with Crippen molar-refractivity contribution < 1.29 is 9.21 Å². The molecule has 1 aliphatic rings. The van der Waals surface area contributed by atoms with Gasteiger partial charge in [-0.25, -0.2) is 9.97 Å². The Balaban J connectivity index is 1.13. The van der Waals surface area contributed by atoms with Gasteiger partial charge in [-0.1, -0.05) is 23.7 Å². The number of nitrogens with zero attached hydrogens (tertiary/aromatic N) is 4. The Hall–Kier alpha value is -4.10. The molecule has 2 aromatic heterocycles. The maximum atomic E-state index is 12.8. The number of para-hydroxylation sites is 1. The summed E-state index contributed by atoms with van der Waals surface area (Å²) in [5.41, 5.74) is 4.91. The van der Waals surface area contributed by atoms with Gasteiger partial charge in [0.2, 0.25) is 0 Å². The molecule has 5 aromatic rings. The van der Waals surface area contributed by atoms with Crippen LogP contribution in [-0.4, -0.2) is 47.0 Å². The van der Waals surface area contributed by atoms with E-state index in [9.17, 15) is 4.79 Å². The number of anilines is 3. The van der Waals surface area contributed by atoms with Gasteiger partial charge in [0.1, 0.15) is 17.4 Å². The number of nitrogens with one attached hydrogen (secondary N) is 1. The van der Waals surface area contributed by atoms with E-state index >= 15 is 0 Å². The van der Waals surface area contributed by atoms with Crippen molar-refractivity contribution in [1.29, 1.82) is 0 Å². The summed E-state index contributed by atoms with van der Waals surface area (Å²) in [6, 6.07) is 23.1. The van der Waals surface area contributed by atoms with E-state index in [0.29, 0.717) is 35.1 Å². The molecule has 8 heteroatoms. The second-order valence-corrected chi connectivity index (χ2v) is 8.89. The van der Waals surface area contributed by atoms with Crippen molar-refractivity contribution in [3.63, 3.8) is 0 Å². The van der Waals surface area contributed by atoms with Crippen LogP contribution in [0, 0.1) is 0 Å². The second-order valence-electron chi connectivity index (χ2n) is 8.46. The number of piperazine rings is 1. The van der Waals surface area contributed by atoms with Crippen LogP contribution >= 0.6 is 11.6 Å². The summed E-state index contributed by atoms with van der Waals surface area (Å²) in [5.74, 6) is 0.677. The van der Waals surface area contributed by atoms with Crippen molar-refractivity contribution in [3.05, 3.63) is 89.7 Å². The lowest BCUT2D eigenvalue weighted by atomic mass is 10.1. The standard InChI is InChI=1S/C27H22ClN5O2/c28-19-7-5-18(6-8-19)27(34)33-15-13-32(14-16-33)21-11-9-20(10-12-21)31-26-25-24(29-17-30-26)22-3-1-2-4-23(22)35-25/h1-12,17H,13-16H2,(H,29,30,31). The Morgan fingerprint density at radius 2 is 1.63 bits per heavy atom. The van der Waals surface area contributed by atoms with Crippen LogP contribution in [0.4, 0.5) is 17.2 Å². The van der Waals surface area contributed by atoms with Gasteiger partial charge >= 0.3 is 0 Å². The summed E-state index contributed by atoms with van der Waals surface area (Å²) < 4.78 is 6.01. The van der Waals surface area contributed by atoms with Crippen LogP contribution in [0.25, 0.3) is 22.1 Å². The molecule has 0 atom stereocenters. The van der Waals surface area contributed by atoms with Crippen LogP contribution in [-0.2, 0) is 0 Å². The summed E-state index contributed by atoms with van der Waals surface area (Å²) in [4.78, 5) is 25.7. The number of furan rings is 1. The summed E-state index contributed by atoms with van der Waals surface area (Å²) in [7, 11) is 0. The highest BCUT2D eigenvalue weighted by molar-refractivity contribution is 6.30. The van der Waals surface area contributed by atoms with Crippen molar-refractivity contribution in [2.75, 3.05) is 36.4 Å². The molecular formula is C27H22ClN5O2. The van der Waals surface area contributed by atoms with E-state index in [1.165, 1.54) is 0 Å². The third-order valence-electron chi connectivity index (χ3n) is 6.31. The lowest BCUT2D eigenvalue weighted by Crippen LogP contribution is -2.48. The number of fused-ring (bicyclic) bond motifs is 3. The fourth-order valence-corrected chi connectivity index (χ4v) is 4.57. The molecule has 0 unspecified atom stereocenters. The summed E-state index contributed by atoms with van der Waals surface area (Å²) >= 11 is 5.94. The molecule has 1 amide bonds. The molecule has 0 bridgehead atoms. The second kappa shape index (κ2) is 8.92. The van der Waals surface area contributed by atoms with Gasteiger partial charge in [-0.05, 0) is 60.7 Å². The summed E-state index contributed by atoms with van der Waals surface area (Å²) in [6.07, 6.45) is 1.55. The molecule has 7 nitrogen and oxygen atoms in total. The SMILES string of the molecule is O=C(c1ccc(Cl)cc1)N1CCN(c2ccc(Nc3ncnc4c3oc3ccccc34)cc2)CC1. The summed E-state index contributed by atoms with van der Waals surface area (Å²) in [5, 5.41) is 4.96. The largest absolute Gasteiger partial charge is 0.450 e. The Morgan fingerprint density at radius 1 is 0.886 bits per heavy atom. The fraction of sp³-hybridized carbons (Fsp3) is 0.148. The first-order chi connectivity index (χ1) is 17.2. The molecule has 0 saturated carbocycles. The molecular weight excluding hydrogens is 462 g/mol. The Kier molecular flexibility index (Phi) is 5.47. The van der Waals surface area contributed by atoms with E-state index in [1.54, 1.807) is 30.6 Å². The molecule has 174 valence electrons. The molecule has 3 heterocycles. The quantitative estimate of drug-likeness (QED) is 0.351. The first-order valence-corrected chi connectivity index (χ1v) is 11.8. The molecule has 0 spiro atoms. The molecule has 3 aromatic carbocycles. The number of carbonyl (C=O) groups is 1. The van der Waals surface area contributed by atoms with Crippen LogP contribution in [0.2, 0.25) is 5.02 Å². The average Bonchev–Trinajstić information content (AvgIpc) is 3.29. The maximum absolute atomic E-state index is 12.8. The predicted octanol–water partition coefficient (Wildman–Crippen LogP) is 5.74. The van der Waals surface area contributed by atoms with Gasteiger partial charge in [0, 0.05) is 53.5 Å². The average molecular weight is 484 g/mol. The Labute approximate surface area is 206 Å². The van der Waals surface area contributed by atoms with E-state index in [1.807, 2.05) is 41.3 Å². The van der Waals surface area contributed by atoms with Gasteiger partial charge in [0.05, 0.1) is 0 Å². The van der Waals surface area contributed by atoms with Crippen molar-refractivity contribution in [2.45, 2.75) is 0 Å². The summed E-state index contributed by atoms with van der Waals surface area (Å²) in [6.45, 7) is 2.90. The lowest BCUT2D eigenvalue weighted by molar-refractivity contribution is 0.0747. The normalized spacial score (nSPS) is 14.0. The number of halogens is 1. The van der Waals surface area contributed by atoms with Gasteiger partial charge in [-0.2, -0.15) is 0 Å². The molecule has 1 fully saturated rings. The van der Waals surface area contributed by atoms with Crippen LogP contribution < -0.4 is 10.2 Å². The number of benzene rings is 3. The minimum absolute atomic E-state index is 0.0441. The predicted molar refractivity (Wildman–Crippen MR) is 139 cm³/mol. The first-order valence-electron chi connectivity index (χ1n) is 11.4. The van der Waals surface area contributed by atoms with E-state index in [-0.39, 0.29) is 5.91 Å². The molecule has 6 rings (SSSR count). The molecule has 0 aliphatic carbocycles. The smallest absolute Gasteiger partial charge is 0.253 e. The zero-order chi connectivity index (χ0) is 23.8. The van der Waals surface area contributed by atoms with Crippen LogP contribution in [0.5, 0.6) is 0 Å². The van der Waals surface area contributed by atoms with Crippen LogP contribution in [0.1, 0.15) is 10.4 Å². The van der Waals surface area contributed by atoms with Crippen LogP contribution in [0.15, 0.2) is 83.5 Å². The molecule has 1 saturated heterocycles. The van der Waals surface area contributed by atoms with E-state index in [0.717, 1.165) is 41.0 Å². The number of carbonyl (C=O) groups excluding carboxylic acids is 1. The maximum Gasteiger partial charge on any atom is 0.253 e. The third-order valence-corrected chi connectivity index (χ3v) is 6.56. The minimum atomic E-state index is 0.0441. The zero-order valence-corrected chi connectivity index (χ0v) is 19.6. The van der Waals surface area contributed by atoms with Crippen LogP contribution in [0.3, 0.4) is 0 Å². The van der Waals surface area contributed by atoms with E-state index in [2.05, 4.69) is 32.3 Å². The number of rotatable bonds is 4. The lowest BCUT2D eigenvalue weighted by Gasteiger charge is -2.36. The third kappa shape index (κ3) is 4.15. The zero-order valence-electron chi connectivity index (χ0n) is 18.8. The van der Waals surface area contributed by atoms with Gasteiger partial charge in [-0.15, -0.1) is 0 Å². The Morgan fingerprint density at radius 3 is 2.40 bits per heavy atom. The van der Waals surface area contributed by atoms with Crippen molar-refractivity contribution in [1.82, 2.24) is 14.9 Å². The van der Waals surface area contributed by atoms with E-state index < -0.39 is 0 Å². The van der Waals surface area contributed by atoms with E-state index in [4.69, 9.17) is 16.0 Å². The fourth-order valence-electron chi connectivity index (χ4n) is 4.45. The Bertz CT molecular complexity index is 1510. The van der Waals surface area contributed by atoms with Gasteiger partial charge in [-0.3, -0.25) is 4.79 Å². The topological polar surface area (TPSA) is 74.5 Å². The molecule has 1 aliphatic heterocycles. The van der Waals surface area contributed by atoms with Crippen molar-refractivity contribution in [2.24, 2.45) is 0 Å². The number of hydrogen-bond acceptors (Lipinski definition) is 6. The van der Waals surface area contributed by atoms with Crippen molar-refractivity contribution >= 4 is 56.8 Å². The molecule has 0 radical (unpaired) electrons. The molecule has 1 N–H and O–H groups in total. The van der Waals surface area contributed by atoms with Crippen molar-refractivity contribution in [3.8, 4) is 0 Å². The number of hydrogen-bond donors (Lipinski definition) is 1. The van der Waals surface area contributed by atoms with Gasteiger partial charge in [0.15, 0.2) is 11.4 Å².